The molecule has 1 aromatic heterocycles. The third-order valence-corrected chi connectivity index (χ3v) is 3.69. The summed E-state index contributed by atoms with van der Waals surface area (Å²) >= 11 is 0. The first kappa shape index (κ1) is 12.4. The fraction of sp³-hybridized carbons (Fsp3) is 0.467. The van der Waals surface area contributed by atoms with Gasteiger partial charge in [-0.2, -0.15) is 0 Å². The van der Waals surface area contributed by atoms with Crippen LogP contribution in [-0.2, 0) is 23.1 Å². The maximum atomic E-state index is 5.26. The van der Waals surface area contributed by atoms with Gasteiger partial charge in [0.25, 0.3) is 0 Å². The molecule has 0 N–H and O–H groups in total. The molecule has 19 heavy (non-hydrogen) atoms. The lowest BCUT2D eigenvalue weighted by atomic mass is 9.85. The Bertz CT molecular complexity index is 531. The minimum atomic E-state index is 0.0810. The summed E-state index contributed by atoms with van der Waals surface area (Å²) in [5, 5.41) is 8.48. The van der Waals surface area contributed by atoms with E-state index >= 15 is 0 Å². The Morgan fingerprint density at radius 1 is 1.26 bits per heavy atom. The molecular weight excluding hydrogens is 238 g/mol. The van der Waals surface area contributed by atoms with Crippen molar-refractivity contribution in [2.24, 2.45) is 0 Å². The SMILES string of the molecule is CC1(c2cn(CCCc3ccccc3)nn2)COC1. The van der Waals surface area contributed by atoms with Gasteiger partial charge in [0.1, 0.15) is 0 Å². The van der Waals surface area contributed by atoms with Gasteiger partial charge < -0.3 is 4.74 Å². The second kappa shape index (κ2) is 5.13. The molecule has 1 aliphatic rings. The number of nitrogens with zero attached hydrogens (tertiary/aromatic N) is 3. The number of hydrogen-bond acceptors (Lipinski definition) is 3. The maximum Gasteiger partial charge on any atom is 0.0932 e. The van der Waals surface area contributed by atoms with Crippen LogP contribution >= 0.6 is 0 Å². The van der Waals surface area contributed by atoms with Crippen LogP contribution in [0.5, 0.6) is 0 Å². The van der Waals surface area contributed by atoms with E-state index in [1.165, 1.54) is 5.56 Å². The Morgan fingerprint density at radius 2 is 2.05 bits per heavy atom. The van der Waals surface area contributed by atoms with E-state index in [0.717, 1.165) is 38.3 Å². The normalized spacial score (nSPS) is 17.1. The molecule has 1 saturated heterocycles. The predicted octanol–water partition coefficient (Wildman–Crippen LogP) is 2.20. The molecule has 1 aromatic carbocycles. The van der Waals surface area contributed by atoms with E-state index in [1.54, 1.807) is 0 Å². The van der Waals surface area contributed by atoms with Gasteiger partial charge in [0.15, 0.2) is 0 Å². The molecule has 0 aliphatic carbocycles. The van der Waals surface area contributed by atoms with E-state index < -0.39 is 0 Å². The molecule has 0 amide bonds. The number of rotatable bonds is 5. The molecule has 3 rings (SSSR count). The third kappa shape index (κ3) is 2.68. The van der Waals surface area contributed by atoms with E-state index in [1.807, 2.05) is 4.68 Å². The summed E-state index contributed by atoms with van der Waals surface area (Å²) in [6, 6.07) is 10.5. The third-order valence-electron chi connectivity index (χ3n) is 3.69. The Hall–Kier alpha value is -1.68. The molecule has 2 heterocycles. The lowest BCUT2D eigenvalue weighted by molar-refractivity contribution is -0.0521. The second-order valence-electron chi connectivity index (χ2n) is 5.51. The number of ether oxygens (including phenoxy) is 1. The molecule has 0 saturated carbocycles. The minimum absolute atomic E-state index is 0.0810. The maximum absolute atomic E-state index is 5.26. The smallest absolute Gasteiger partial charge is 0.0932 e. The minimum Gasteiger partial charge on any atom is -0.379 e. The monoisotopic (exact) mass is 257 g/mol. The van der Waals surface area contributed by atoms with Crippen LogP contribution in [0.25, 0.3) is 0 Å². The fourth-order valence-corrected chi connectivity index (χ4v) is 2.33. The molecule has 2 aromatic rings. The zero-order chi connectivity index (χ0) is 13.1. The van der Waals surface area contributed by atoms with Gasteiger partial charge in [-0.15, -0.1) is 5.10 Å². The molecule has 0 spiro atoms. The van der Waals surface area contributed by atoms with Crippen molar-refractivity contribution in [2.75, 3.05) is 13.2 Å². The van der Waals surface area contributed by atoms with E-state index in [9.17, 15) is 0 Å². The molecule has 0 atom stereocenters. The summed E-state index contributed by atoms with van der Waals surface area (Å²) in [5.74, 6) is 0. The highest BCUT2D eigenvalue weighted by molar-refractivity contribution is 5.15. The van der Waals surface area contributed by atoms with Crippen molar-refractivity contribution < 1.29 is 4.74 Å². The highest BCUT2D eigenvalue weighted by atomic mass is 16.5. The van der Waals surface area contributed by atoms with Gasteiger partial charge in [-0.1, -0.05) is 35.5 Å². The summed E-state index contributed by atoms with van der Waals surface area (Å²) in [4.78, 5) is 0. The van der Waals surface area contributed by atoms with Gasteiger partial charge in [-0.3, -0.25) is 4.68 Å². The van der Waals surface area contributed by atoms with Crippen molar-refractivity contribution in [1.29, 1.82) is 0 Å². The molecule has 0 bridgehead atoms. The van der Waals surface area contributed by atoms with E-state index in [4.69, 9.17) is 4.74 Å². The zero-order valence-corrected chi connectivity index (χ0v) is 11.2. The van der Waals surface area contributed by atoms with Gasteiger partial charge in [0.2, 0.25) is 0 Å². The van der Waals surface area contributed by atoms with E-state index in [-0.39, 0.29) is 5.41 Å². The summed E-state index contributed by atoms with van der Waals surface area (Å²) in [6.45, 7) is 4.61. The van der Waals surface area contributed by atoms with E-state index in [0.29, 0.717) is 0 Å². The largest absolute Gasteiger partial charge is 0.379 e. The first-order valence-corrected chi connectivity index (χ1v) is 6.79. The lowest BCUT2D eigenvalue weighted by Crippen LogP contribution is -2.44. The van der Waals surface area contributed by atoms with Crippen LogP contribution in [0.4, 0.5) is 0 Å². The van der Waals surface area contributed by atoms with Crippen LogP contribution in [-0.4, -0.2) is 28.2 Å². The molecule has 1 fully saturated rings. The van der Waals surface area contributed by atoms with Crippen molar-refractivity contribution in [2.45, 2.75) is 31.7 Å². The van der Waals surface area contributed by atoms with Crippen LogP contribution < -0.4 is 0 Å². The molecule has 0 unspecified atom stereocenters. The summed E-state index contributed by atoms with van der Waals surface area (Å²) < 4.78 is 7.21. The summed E-state index contributed by atoms with van der Waals surface area (Å²) in [5.41, 5.74) is 2.51. The lowest BCUT2D eigenvalue weighted by Gasteiger charge is -2.35. The van der Waals surface area contributed by atoms with Gasteiger partial charge in [-0.05, 0) is 25.3 Å². The van der Waals surface area contributed by atoms with Crippen LogP contribution in [0.15, 0.2) is 36.5 Å². The standard InChI is InChI=1S/C15H19N3O/c1-15(11-19-12-15)14-10-18(17-16-14)9-5-8-13-6-3-2-4-7-13/h2-4,6-7,10H,5,8-9,11-12H2,1H3. The Kier molecular flexibility index (Phi) is 3.34. The van der Waals surface area contributed by atoms with Crippen LogP contribution in [0.2, 0.25) is 0 Å². The first-order chi connectivity index (χ1) is 9.26. The topological polar surface area (TPSA) is 39.9 Å². The number of hydrogen-bond donors (Lipinski definition) is 0. The Labute approximate surface area is 113 Å². The van der Waals surface area contributed by atoms with Crippen LogP contribution in [0.3, 0.4) is 0 Å². The molecule has 100 valence electrons. The fourth-order valence-electron chi connectivity index (χ4n) is 2.33. The molecule has 4 heteroatoms. The predicted molar refractivity (Wildman–Crippen MR) is 73.0 cm³/mol. The number of benzene rings is 1. The highest BCUT2D eigenvalue weighted by Gasteiger charge is 2.37. The van der Waals surface area contributed by atoms with Crippen molar-refractivity contribution in [3.8, 4) is 0 Å². The average Bonchev–Trinajstić information content (AvgIpc) is 2.86. The van der Waals surface area contributed by atoms with Gasteiger partial charge in [0.05, 0.1) is 24.3 Å². The molecular formula is C15H19N3O. The van der Waals surface area contributed by atoms with Gasteiger partial charge >= 0.3 is 0 Å². The average molecular weight is 257 g/mol. The van der Waals surface area contributed by atoms with Crippen molar-refractivity contribution in [1.82, 2.24) is 15.0 Å². The van der Waals surface area contributed by atoms with Crippen LogP contribution in [0, 0.1) is 0 Å². The molecule has 4 nitrogen and oxygen atoms in total. The Balaban J connectivity index is 1.53. The summed E-state index contributed by atoms with van der Waals surface area (Å²) in [7, 11) is 0. The number of aryl methyl sites for hydroxylation is 2. The van der Waals surface area contributed by atoms with E-state index in [2.05, 4.69) is 53.8 Å². The zero-order valence-electron chi connectivity index (χ0n) is 11.2. The molecule has 1 aliphatic heterocycles. The van der Waals surface area contributed by atoms with Gasteiger partial charge in [0, 0.05) is 12.7 Å². The second-order valence-corrected chi connectivity index (χ2v) is 5.51. The Morgan fingerprint density at radius 3 is 2.74 bits per heavy atom. The summed E-state index contributed by atoms with van der Waals surface area (Å²) in [6.07, 6.45) is 4.23. The molecule has 0 radical (unpaired) electrons. The van der Waals surface area contributed by atoms with Gasteiger partial charge in [-0.25, -0.2) is 0 Å². The van der Waals surface area contributed by atoms with Crippen molar-refractivity contribution in [3.63, 3.8) is 0 Å². The van der Waals surface area contributed by atoms with Crippen LogP contribution in [0.1, 0.15) is 24.6 Å². The number of aromatic nitrogens is 3. The highest BCUT2D eigenvalue weighted by Crippen LogP contribution is 2.29. The quantitative estimate of drug-likeness (QED) is 0.824. The van der Waals surface area contributed by atoms with Crippen molar-refractivity contribution >= 4 is 0 Å². The first-order valence-electron chi connectivity index (χ1n) is 6.79. The van der Waals surface area contributed by atoms with Crippen molar-refractivity contribution in [3.05, 3.63) is 47.8 Å².